The van der Waals surface area contributed by atoms with Gasteiger partial charge in [-0.1, -0.05) is 13.8 Å². The van der Waals surface area contributed by atoms with Gasteiger partial charge in [0.1, 0.15) is 12.2 Å². The van der Waals surface area contributed by atoms with Crippen molar-refractivity contribution in [3.05, 3.63) is 12.2 Å². The SMILES string of the molecule is CCc1nncn1CCN=C(NC(C)CC)NC1CC1. The largest absolute Gasteiger partial charge is 0.354 e. The molecule has 0 aliphatic heterocycles. The molecule has 20 heavy (non-hydrogen) atoms. The number of rotatable bonds is 7. The first-order valence-corrected chi connectivity index (χ1v) is 7.67. The van der Waals surface area contributed by atoms with Crippen molar-refractivity contribution < 1.29 is 0 Å². The van der Waals surface area contributed by atoms with Crippen molar-refractivity contribution >= 4 is 5.96 Å². The molecule has 2 rings (SSSR count). The number of aliphatic imine (C=N–C) groups is 1. The summed E-state index contributed by atoms with van der Waals surface area (Å²) in [5.74, 6) is 1.96. The second-order valence-electron chi connectivity index (χ2n) is 5.40. The maximum absolute atomic E-state index is 4.66. The minimum Gasteiger partial charge on any atom is -0.354 e. The average Bonchev–Trinajstić information content (AvgIpc) is 3.14. The summed E-state index contributed by atoms with van der Waals surface area (Å²) in [5.41, 5.74) is 0. The van der Waals surface area contributed by atoms with Crippen LogP contribution in [0.25, 0.3) is 0 Å². The van der Waals surface area contributed by atoms with Gasteiger partial charge < -0.3 is 15.2 Å². The molecule has 0 saturated heterocycles. The molecule has 1 aromatic rings. The van der Waals surface area contributed by atoms with Crippen molar-refractivity contribution in [1.29, 1.82) is 0 Å². The first-order valence-electron chi connectivity index (χ1n) is 7.67. The smallest absolute Gasteiger partial charge is 0.191 e. The molecule has 1 aliphatic rings. The van der Waals surface area contributed by atoms with E-state index < -0.39 is 0 Å². The van der Waals surface area contributed by atoms with Crippen molar-refractivity contribution in [3.63, 3.8) is 0 Å². The van der Waals surface area contributed by atoms with Gasteiger partial charge >= 0.3 is 0 Å². The van der Waals surface area contributed by atoms with E-state index in [9.17, 15) is 0 Å². The second-order valence-corrected chi connectivity index (χ2v) is 5.40. The summed E-state index contributed by atoms with van der Waals surface area (Å²) < 4.78 is 2.07. The van der Waals surface area contributed by atoms with Crippen LogP contribution in [0.15, 0.2) is 11.3 Å². The molecule has 1 fully saturated rings. The van der Waals surface area contributed by atoms with Gasteiger partial charge in [0.2, 0.25) is 0 Å². The van der Waals surface area contributed by atoms with Crippen LogP contribution in [0.5, 0.6) is 0 Å². The second kappa shape index (κ2) is 7.26. The topological polar surface area (TPSA) is 67.1 Å². The fourth-order valence-corrected chi connectivity index (χ4v) is 1.90. The molecule has 1 heterocycles. The van der Waals surface area contributed by atoms with Crippen LogP contribution in [-0.2, 0) is 13.0 Å². The van der Waals surface area contributed by atoms with E-state index in [0.717, 1.165) is 37.7 Å². The van der Waals surface area contributed by atoms with E-state index >= 15 is 0 Å². The fourth-order valence-electron chi connectivity index (χ4n) is 1.90. The zero-order valence-corrected chi connectivity index (χ0v) is 12.8. The van der Waals surface area contributed by atoms with Crippen molar-refractivity contribution in [2.24, 2.45) is 4.99 Å². The van der Waals surface area contributed by atoms with Crippen LogP contribution in [0.4, 0.5) is 0 Å². The molecule has 0 amide bonds. The van der Waals surface area contributed by atoms with Crippen molar-refractivity contribution in [2.75, 3.05) is 6.54 Å². The average molecular weight is 278 g/mol. The molecule has 0 bridgehead atoms. The van der Waals surface area contributed by atoms with Crippen LogP contribution in [0.3, 0.4) is 0 Å². The summed E-state index contributed by atoms with van der Waals surface area (Å²) >= 11 is 0. The number of hydrogen-bond acceptors (Lipinski definition) is 3. The maximum atomic E-state index is 4.66. The number of aromatic nitrogens is 3. The van der Waals surface area contributed by atoms with Gasteiger partial charge in [-0.3, -0.25) is 4.99 Å². The molecular weight excluding hydrogens is 252 g/mol. The lowest BCUT2D eigenvalue weighted by molar-refractivity contribution is 0.614. The fraction of sp³-hybridized carbons (Fsp3) is 0.786. The Kier molecular flexibility index (Phi) is 5.38. The number of aryl methyl sites for hydroxylation is 1. The van der Waals surface area contributed by atoms with E-state index in [1.807, 2.05) is 0 Å². The Hall–Kier alpha value is -1.59. The summed E-state index contributed by atoms with van der Waals surface area (Å²) in [5, 5.41) is 14.9. The summed E-state index contributed by atoms with van der Waals surface area (Å²) in [4.78, 5) is 4.66. The molecule has 0 spiro atoms. The van der Waals surface area contributed by atoms with Gasteiger partial charge in [-0.2, -0.15) is 0 Å². The molecule has 6 heteroatoms. The minimum absolute atomic E-state index is 0.445. The first kappa shape index (κ1) is 14.8. The molecule has 1 aromatic heterocycles. The van der Waals surface area contributed by atoms with Gasteiger partial charge in [0.05, 0.1) is 6.54 Å². The molecule has 0 radical (unpaired) electrons. The van der Waals surface area contributed by atoms with E-state index in [-0.39, 0.29) is 0 Å². The Balaban J connectivity index is 1.87. The molecule has 1 unspecified atom stereocenters. The standard InChI is InChI=1S/C14H26N6/c1-4-11(3)17-14(18-12-6-7-12)15-8-9-20-10-16-19-13(20)5-2/h10-12H,4-9H2,1-3H3,(H2,15,17,18). The van der Waals surface area contributed by atoms with E-state index in [1.54, 1.807) is 6.33 Å². The molecule has 0 aromatic carbocycles. The maximum Gasteiger partial charge on any atom is 0.191 e. The van der Waals surface area contributed by atoms with E-state index in [1.165, 1.54) is 12.8 Å². The minimum atomic E-state index is 0.445. The molecule has 6 nitrogen and oxygen atoms in total. The monoisotopic (exact) mass is 278 g/mol. The first-order chi connectivity index (χ1) is 9.72. The van der Waals surface area contributed by atoms with Crippen molar-refractivity contribution in [1.82, 2.24) is 25.4 Å². The highest BCUT2D eigenvalue weighted by molar-refractivity contribution is 5.80. The van der Waals surface area contributed by atoms with E-state index in [0.29, 0.717) is 12.1 Å². The quantitative estimate of drug-likeness (QED) is 0.583. The van der Waals surface area contributed by atoms with Gasteiger partial charge in [0.25, 0.3) is 0 Å². The van der Waals surface area contributed by atoms with Gasteiger partial charge in [-0.25, -0.2) is 0 Å². The molecule has 1 aliphatic carbocycles. The molecule has 1 saturated carbocycles. The van der Waals surface area contributed by atoms with Crippen LogP contribution in [0.2, 0.25) is 0 Å². The predicted molar refractivity (Wildman–Crippen MR) is 80.7 cm³/mol. The summed E-state index contributed by atoms with van der Waals surface area (Å²) in [6.07, 6.45) is 6.29. The van der Waals surface area contributed by atoms with Gasteiger partial charge in [-0.15, -0.1) is 10.2 Å². The van der Waals surface area contributed by atoms with Gasteiger partial charge in [0.15, 0.2) is 5.96 Å². The third kappa shape index (κ3) is 4.51. The Bertz CT molecular complexity index is 435. The van der Waals surface area contributed by atoms with Gasteiger partial charge in [-0.05, 0) is 26.2 Å². The highest BCUT2D eigenvalue weighted by Crippen LogP contribution is 2.18. The third-order valence-corrected chi connectivity index (χ3v) is 3.54. The lowest BCUT2D eigenvalue weighted by Crippen LogP contribution is -2.43. The number of hydrogen-bond donors (Lipinski definition) is 2. The molecule has 2 N–H and O–H groups in total. The van der Waals surface area contributed by atoms with Crippen LogP contribution in [0.1, 0.15) is 45.9 Å². The van der Waals surface area contributed by atoms with Crippen LogP contribution in [-0.4, -0.2) is 39.4 Å². The molecule has 112 valence electrons. The summed E-state index contributed by atoms with van der Waals surface area (Å²) in [6.45, 7) is 8.02. The predicted octanol–water partition coefficient (Wildman–Crippen LogP) is 1.34. The molecule has 1 atom stereocenters. The van der Waals surface area contributed by atoms with Gasteiger partial charge in [0, 0.05) is 25.0 Å². The Morgan fingerprint density at radius 3 is 2.95 bits per heavy atom. The van der Waals surface area contributed by atoms with Crippen LogP contribution >= 0.6 is 0 Å². The lowest BCUT2D eigenvalue weighted by atomic mass is 10.3. The third-order valence-electron chi connectivity index (χ3n) is 3.54. The number of nitrogens with one attached hydrogen (secondary N) is 2. The molecular formula is C14H26N6. The Morgan fingerprint density at radius 1 is 1.50 bits per heavy atom. The zero-order chi connectivity index (χ0) is 14.4. The lowest BCUT2D eigenvalue weighted by Gasteiger charge is -2.16. The number of guanidine groups is 1. The van der Waals surface area contributed by atoms with E-state index in [2.05, 4.69) is 51.2 Å². The summed E-state index contributed by atoms with van der Waals surface area (Å²) in [7, 11) is 0. The number of nitrogens with zero attached hydrogens (tertiary/aromatic N) is 4. The van der Waals surface area contributed by atoms with Crippen LogP contribution < -0.4 is 10.6 Å². The van der Waals surface area contributed by atoms with E-state index in [4.69, 9.17) is 0 Å². The highest BCUT2D eigenvalue weighted by atomic mass is 15.3. The summed E-state index contributed by atoms with van der Waals surface area (Å²) in [6, 6.07) is 1.06. The Morgan fingerprint density at radius 2 is 2.30 bits per heavy atom. The normalized spacial score (nSPS) is 17.1. The Labute approximate surface area is 121 Å². The zero-order valence-electron chi connectivity index (χ0n) is 12.8. The van der Waals surface area contributed by atoms with Crippen LogP contribution in [0, 0.1) is 0 Å². The van der Waals surface area contributed by atoms with Crippen molar-refractivity contribution in [3.8, 4) is 0 Å². The van der Waals surface area contributed by atoms with Crippen molar-refractivity contribution in [2.45, 2.75) is 65.1 Å². The highest BCUT2D eigenvalue weighted by Gasteiger charge is 2.22.